The van der Waals surface area contributed by atoms with Crippen molar-refractivity contribution >= 4 is 38.1 Å². The van der Waals surface area contributed by atoms with Gasteiger partial charge in [0.2, 0.25) is 0 Å². The molecule has 1 rings (SSSR count). The molecule has 112 valence electrons. The number of carbonyl (C=O) groups is 2. The zero-order valence-corrected chi connectivity index (χ0v) is 13.3. The molecular formula is C11H16N2O5S2. The normalized spacial score (nSPS) is 11.2. The molecule has 0 aliphatic heterocycles. The molecule has 9 heteroatoms. The molecule has 0 bridgehead atoms. The highest BCUT2D eigenvalue weighted by Gasteiger charge is 2.23. The van der Waals surface area contributed by atoms with Gasteiger partial charge in [-0.15, -0.1) is 0 Å². The second kappa shape index (κ2) is 6.31. The quantitative estimate of drug-likeness (QED) is 0.560. The summed E-state index contributed by atoms with van der Waals surface area (Å²) in [5.74, 6) is -1.01. The van der Waals surface area contributed by atoms with Gasteiger partial charge in [0.15, 0.2) is 16.6 Å². The topological polar surface area (TPSA) is 93.6 Å². The Labute approximate surface area is 121 Å². The van der Waals surface area contributed by atoms with Crippen LogP contribution in [0.5, 0.6) is 0 Å². The minimum absolute atomic E-state index is 0.0357. The lowest BCUT2D eigenvalue weighted by Gasteiger charge is -2.14. The van der Waals surface area contributed by atoms with E-state index in [1.807, 2.05) is 0 Å². The SMILES string of the molecule is COC(=O)c1nc(N(C)CCS(C)(=O)=O)sc1C(C)=O. The number of Topliss-reactive ketones (excluding diaryl/α,β-unsaturated/α-hetero) is 1. The molecule has 0 radical (unpaired) electrons. The van der Waals surface area contributed by atoms with E-state index in [0.29, 0.717) is 5.13 Å². The minimum Gasteiger partial charge on any atom is -0.464 e. The molecule has 7 nitrogen and oxygen atoms in total. The Morgan fingerprint density at radius 1 is 1.40 bits per heavy atom. The van der Waals surface area contributed by atoms with Crippen molar-refractivity contribution in [2.45, 2.75) is 6.92 Å². The van der Waals surface area contributed by atoms with E-state index < -0.39 is 15.8 Å². The van der Waals surface area contributed by atoms with Crippen molar-refractivity contribution in [2.75, 3.05) is 37.6 Å². The summed E-state index contributed by atoms with van der Waals surface area (Å²) in [6, 6.07) is 0. The first-order chi connectivity index (χ1) is 9.15. The van der Waals surface area contributed by atoms with Gasteiger partial charge in [-0.2, -0.15) is 0 Å². The van der Waals surface area contributed by atoms with Gasteiger partial charge in [-0.25, -0.2) is 18.2 Å². The van der Waals surface area contributed by atoms with Crippen LogP contribution in [0.4, 0.5) is 5.13 Å². The van der Waals surface area contributed by atoms with Crippen LogP contribution in [0.3, 0.4) is 0 Å². The third-order valence-electron chi connectivity index (χ3n) is 2.44. The van der Waals surface area contributed by atoms with Crippen molar-refractivity contribution in [3.05, 3.63) is 10.6 Å². The van der Waals surface area contributed by atoms with E-state index in [0.717, 1.165) is 17.6 Å². The van der Waals surface area contributed by atoms with Crippen LogP contribution in [0.1, 0.15) is 27.1 Å². The average molecular weight is 320 g/mol. The highest BCUT2D eigenvalue weighted by Crippen LogP contribution is 2.26. The fourth-order valence-electron chi connectivity index (χ4n) is 1.34. The molecule has 0 aliphatic carbocycles. The second-order valence-corrected chi connectivity index (χ2v) is 7.51. The van der Waals surface area contributed by atoms with E-state index in [2.05, 4.69) is 9.72 Å². The minimum atomic E-state index is -3.09. The van der Waals surface area contributed by atoms with Gasteiger partial charge in [0.05, 0.1) is 12.9 Å². The van der Waals surface area contributed by atoms with Gasteiger partial charge in [-0.1, -0.05) is 11.3 Å². The molecule has 1 aromatic rings. The van der Waals surface area contributed by atoms with Crippen LogP contribution < -0.4 is 4.90 Å². The Morgan fingerprint density at radius 3 is 2.45 bits per heavy atom. The predicted octanol–water partition coefficient (Wildman–Crippen LogP) is 0.613. The maximum absolute atomic E-state index is 11.5. The smallest absolute Gasteiger partial charge is 0.358 e. The summed E-state index contributed by atoms with van der Waals surface area (Å²) in [6.07, 6.45) is 1.14. The zero-order chi connectivity index (χ0) is 15.5. The number of methoxy groups -OCH3 is 1. The molecular weight excluding hydrogens is 304 g/mol. The number of esters is 1. The monoisotopic (exact) mass is 320 g/mol. The molecule has 0 saturated heterocycles. The number of aromatic nitrogens is 1. The van der Waals surface area contributed by atoms with E-state index in [1.54, 1.807) is 11.9 Å². The first-order valence-corrected chi connectivity index (χ1v) is 8.52. The van der Waals surface area contributed by atoms with Crippen molar-refractivity contribution in [1.82, 2.24) is 4.98 Å². The number of sulfone groups is 1. The molecule has 0 amide bonds. The van der Waals surface area contributed by atoms with Gasteiger partial charge in [0.1, 0.15) is 14.7 Å². The number of ether oxygens (including phenoxy) is 1. The summed E-state index contributed by atoms with van der Waals surface area (Å²) in [7, 11) is -0.236. The first-order valence-electron chi connectivity index (χ1n) is 5.64. The maximum Gasteiger partial charge on any atom is 0.358 e. The Hall–Kier alpha value is -1.48. The molecule has 20 heavy (non-hydrogen) atoms. The largest absolute Gasteiger partial charge is 0.464 e. The van der Waals surface area contributed by atoms with Crippen molar-refractivity contribution in [3.63, 3.8) is 0 Å². The number of hydrogen-bond acceptors (Lipinski definition) is 8. The molecule has 0 fully saturated rings. The summed E-state index contributed by atoms with van der Waals surface area (Å²) in [5.41, 5.74) is -0.0359. The van der Waals surface area contributed by atoms with Crippen LogP contribution >= 0.6 is 11.3 Å². The zero-order valence-electron chi connectivity index (χ0n) is 11.7. The van der Waals surface area contributed by atoms with Crippen molar-refractivity contribution < 1.29 is 22.7 Å². The van der Waals surface area contributed by atoms with Crippen molar-refractivity contribution in [1.29, 1.82) is 0 Å². The average Bonchev–Trinajstić information content (AvgIpc) is 2.79. The predicted molar refractivity (Wildman–Crippen MR) is 76.4 cm³/mol. The second-order valence-electron chi connectivity index (χ2n) is 4.27. The molecule has 0 spiro atoms. The lowest BCUT2D eigenvalue weighted by atomic mass is 10.3. The molecule has 0 saturated carbocycles. The summed E-state index contributed by atoms with van der Waals surface area (Å²) >= 11 is 1.04. The first kappa shape index (κ1) is 16.6. The van der Waals surface area contributed by atoms with Gasteiger partial charge in [0, 0.05) is 26.8 Å². The van der Waals surface area contributed by atoms with Crippen LogP contribution in [-0.4, -0.2) is 57.9 Å². The summed E-state index contributed by atoms with van der Waals surface area (Å²) < 4.78 is 26.8. The molecule has 0 unspecified atom stereocenters. The number of nitrogens with zero attached hydrogens (tertiary/aromatic N) is 2. The molecule has 0 N–H and O–H groups in total. The number of rotatable bonds is 6. The molecule has 0 aromatic carbocycles. The lowest BCUT2D eigenvalue weighted by Crippen LogP contribution is -2.24. The third kappa shape index (κ3) is 4.27. The molecule has 0 atom stereocenters. The van der Waals surface area contributed by atoms with Crippen LogP contribution in [0.2, 0.25) is 0 Å². The lowest BCUT2D eigenvalue weighted by molar-refractivity contribution is 0.0591. The fourth-order valence-corrected chi connectivity index (χ4v) is 2.89. The fraction of sp³-hybridized carbons (Fsp3) is 0.545. The third-order valence-corrected chi connectivity index (χ3v) is 4.63. The van der Waals surface area contributed by atoms with Crippen LogP contribution in [0.15, 0.2) is 0 Å². The van der Waals surface area contributed by atoms with E-state index in [4.69, 9.17) is 0 Å². The standard InChI is InChI=1S/C11H16N2O5S2/c1-7(14)9-8(10(15)18-3)12-11(19-9)13(2)5-6-20(4,16)17/h5-6H2,1-4H3. The Bertz CT molecular complexity index is 621. The van der Waals surface area contributed by atoms with E-state index in [1.165, 1.54) is 14.0 Å². The summed E-state index contributed by atoms with van der Waals surface area (Å²) in [5, 5.41) is 0.402. The number of anilines is 1. The van der Waals surface area contributed by atoms with Gasteiger partial charge in [-0.3, -0.25) is 4.79 Å². The highest BCUT2D eigenvalue weighted by atomic mass is 32.2. The van der Waals surface area contributed by atoms with Crippen LogP contribution in [0.25, 0.3) is 0 Å². The molecule has 1 heterocycles. The highest BCUT2D eigenvalue weighted by molar-refractivity contribution is 7.90. The van der Waals surface area contributed by atoms with Crippen LogP contribution in [0, 0.1) is 0 Å². The van der Waals surface area contributed by atoms with Gasteiger partial charge < -0.3 is 9.64 Å². The summed E-state index contributed by atoms with van der Waals surface area (Å²) in [4.78, 5) is 28.9. The number of carbonyl (C=O) groups excluding carboxylic acids is 2. The van der Waals surface area contributed by atoms with Gasteiger partial charge in [0.25, 0.3) is 0 Å². The van der Waals surface area contributed by atoms with Gasteiger partial charge in [-0.05, 0) is 0 Å². The maximum atomic E-state index is 11.5. The van der Waals surface area contributed by atoms with Crippen LogP contribution in [-0.2, 0) is 14.6 Å². The Kier molecular flexibility index (Phi) is 5.23. The van der Waals surface area contributed by atoms with E-state index in [-0.39, 0.29) is 28.7 Å². The van der Waals surface area contributed by atoms with Crippen molar-refractivity contribution in [3.8, 4) is 0 Å². The molecule has 1 aromatic heterocycles. The van der Waals surface area contributed by atoms with Gasteiger partial charge >= 0.3 is 5.97 Å². The van der Waals surface area contributed by atoms with E-state index in [9.17, 15) is 18.0 Å². The number of thiazole rings is 1. The van der Waals surface area contributed by atoms with Crippen molar-refractivity contribution in [2.24, 2.45) is 0 Å². The number of hydrogen-bond donors (Lipinski definition) is 0. The molecule has 0 aliphatic rings. The number of ketones is 1. The summed E-state index contributed by atoms with van der Waals surface area (Å²) in [6.45, 7) is 1.56. The van der Waals surface area contributed by atoms with E-state index >= 15 is 0 Å². The Balaban J connectivity index is 3.02. The Morgan fingerprint density at radius 2 is 2.00 bits per heavy atom.